The molecule has 2 saturated heterocycles. The lowest BCUT2D eigenvalue weighted by Crippen LogP contribution is -2.71. The quantitative estimate of drug-likeness (QED) is 0.351. The van der Waals surface area contributed by atoms with Gasteiger partial charge >= 0.3 is 0 Å². The molecule has 0 bridgehead atoms. The molecule has 1 aliphatic carbocycles. The first-order chi connectivity index (χ1) is 12.4. The summed E-state index contributed by atoms with van der Waals surface area (Å²) in [6, 6.07) is 1.00. The first-order valence-electron chi connectivity index (χ1n) is 10.8. The molecule has 2 aliphatic heterocycles. The van der Waals surface area contributed by atoms with Crippen molar-refractivity contribution in [3.05, 3.63) is 0 Å². The fraction of sp³-hybridized carbons (Fsp3) is 0.952. The van der Waals surface area contributed by atoms with E-state index in [0.29, 0.717) is 24.1 Å². The summed E-state index contributed by atoms with van der Waals surface area (Å²) in [5.74, 6) is 2.40. The number of hydrogen-bond acceptors (Lipinski definition) is 3. The minimum absolute atomic E-state index is 0. The van der Waals surface area contributed by atoms with E-state index in [0.717, 1.165) is 25.0 Å². The summed E-state index contributed by atoms with van der Waals surface area (Å²) in [6.45, 7) is 16.8. The zero-order valence-electron chi connectivity index (χ0n) is 18.0. The Kier molecular flexibility index (Phi) is 8.68. The van der Waals surface area contributed by atoms with Crippen molar-refractivity contribution in [3.8, 4) is 0 Å². The summed E-state index contributed by atoms with van der Waals surface area (Å²) >= 11 is 0. The van der Waals surface area contributed by atoms with Gasteiger partial charge in [-0.05, 0) is 38.5 Å². The average molecular weight is 492 g/mol. The molecule has 3 fully saturated rings. The van der Waals surface area contributed by atoms with E-state index in [1.54, 1.807) is 0 Å². The standard InChI is InChI=1S/C21H40N4O.HI/c1-6-22-20(23-16-9-11-25(12-10-16)14-15(2)3)24-18-17-8-7-13-26-19(17)21(18,4)5;/h15-19H,6-14H2,1-5H3,(H2,22,23,24);1H. The number of fused-ring (bicyclic) bond motifs is 1. The Bertz CT molecular complexity index is 489. The summed E-state index contributed by atoms with van der Waals surface area (Å²) < 4.78 is 6.05. The zero-order chi connectivity index (χ0) is 18.7. The van der Waals surface area contributed by atoms with Crippen molar-refractivity contribution in [1.29, 1.82) is 0 Å². The van der Waals surface area contributed by atoms with Crippen molar-refractivity contribution < 1.29 is 4.74 Å². The molecule has 3 aliphatic rings. The van der Waals surface area contributed by atoms with Crippen molar-refractivity contribution in [1.82, 2.24) is 15.5 Å². The molecule has 3 unspecified atom stereocenters. The third-order valence-electron chi connectivity index (χ3n) is 6.49. The van der Waals surface area contributed by atoms with Gasteiger partial charge < -0.3 is 20.3 Å². The predicted octanol–water partition coefficient (Wildman–Crippen LogP) is 3.48. The second kappa shape index (κ2) is 10.1. The minimum atomic E-state index is 0. The molecule has 3 rings (SSSR count). The topological polar surface area (TPSA) is 48.9 Å². The van der Waals surface area contributed by atoms with Gasteiger partial charge in [-0.25, -0.2) is 0 Å². The fourth-order valence-electron chi connectivity index (χ4n) is 5.22. The van der Waals surface area contributed by atoms with Gasteiger partial charge in [0.15, 0.2) is 5.96 Å². The highest BCUT2D eigenvalue weighted by atomic mass is 127. The van der Waals surface area contributed by atoms with Crippen LogP contribution in [0.15, 0.2) is 4.99 Å². The summed E-state index contributed by atoms with van der Waals surface area (Å²) in [7, 11) is 0. The van der Waals surface area contributed by atoms with Gasteiger partial charge in [-0.2, -0.15) is 0 Å². The highest BCUT2D eigenvalue weighted by molar-refractivity contribution is 14.0. The number of nitrogens with zero attached hydrogens (tertiary/aromatic N) is 2. The SMILES string of the molecule is CCN=C(NC1CCN(CC(C)C)CC1)NC1C2CCCOC2C1(C)C.I. The van der Waals surface area contributed by atoms with E-state index in [9.17, 15) is 0 Å². The molecular formula is C21H41IN4O. The zero-order valence-corrected chi connectivity index (χ0v) is 20.3. The molecule has 5 nitrogen and oxygen atoms in total. The summed E-state index contributed by atoms with van der Waals surface area (Å²) in [5, 5.41) is 7.51. The van der Waals surface area contributed by atoms with Crippen LogP contribution in [0, 0.1) is 17.3 Å². The van der Waals surface area contributed by atoms with E-state index in [4.69, 9.17) is 9.73 Å². The molecule has 2 N–H and O–H groups in total. The molecule has 0 amide bonds. The first kappa shape index (κ1) is 23.2. The van der Waals surface area contributed by atoms with Crippen LogP contribution < -0.4 is 10.6 Å². The van der Waals surface area contributed by atoms with Crippen LogP contribution in [0.1, 0.15) is 60.3 Å². The van der Waals surface area contributed by atoms with E-state index in [1.165, 1.54) is 45.3 Å². The maximum Gasteiger partial charge on any atom is 0.191 e. The normalized spacial score (nSPS) is 31.6. The van der Waals surface area contributed by atoms with E-state index in [-0.39, 0.29) is 29.4 Å². The third kappa shape index (κ3) is 5.50. The Morgan fingerprint density at radius 3 is 2.52 bits per heavy atom. The fourth-order valence-corrected chi connectivity index (χ4v) is 5.22. The minimum Gasteiger partial charge on any atom is -0.377 e. The number of guanidine groups is 1. The van der Waals surface area contributed by atoms with Crippen LogP contribution in [-0.4, -0.2) is 61.8 Å². The number of rotatable bonds is 5. The molecule has 158 valence electrons. The molecule has 0 radical (unpaired) electrons. The average Bonchev–Trinajstić information content (AvgIpc) is 2.61. The van der Waals surface area contributed by atoms with Gasteiger partial charge in [0.2, 0.25) is 0 Å². The van der Waals surface area contributed by atoms with Crippen molar-refractivity contribution in [2.24, 2.45) is 22.2 Å². The largest absolute Gasteiger partial charge is 0.377 e. The predicted molar refractivity (Wildman–Crippen MR) is 124 cm³/mol. The van der Waals surface area contributed by atoms with Crippen molar-refractivity contribution in [3.63, 3.8) is 0 Å². The summed E-state index contributed by atoms with van der Waals surface area (Å²) in [6.07, 6.45) is 5.30. The van der Waals surface area contributed by atoms with Gasteiger partial charge in [0, 0.05) is 56.2 Å². The molecule has 0 aromatic carbocycles. The number of halogens is 1. The third-order valence-corrected chi connectivity index (χ3v) is 6.49. The van der Waals surface area contributed by atoms with Crippen LogP contribution in [-0.2, 0) is 4.74 Å². The van der Waals surface area contributed by atoms with Crippen molar-refractivity contribution >= 4 is 29.9 Å². The van der Waals surface area contributed by atoms with Crippen LogP contribution in [0.25, 0.3) is 0 Å². The molecular weight excluding hydrogens is 451 g/mol. The number of nitrogens with one attached hydrogen (secondary N) is 2. The maximum absolute atomic E-state index is 6.05. The van der Waals surface area contributed by atoms with Gasteiger partial charge in [-0.15, -0.1) is 24.0 Å². The Morgan fingerprint density at radius 2 is 1.89 bits per heavy atom. The van der Waals surface area contributed by atoms with E-state index < -0.39 is 0 Å². The summed E-state index contributed by atoms with van der Waals surface area (Å²) in [4.78, 5) is 7.35. The maximum atomic E-state index is 6.05. The molecule has 0 aromatic rings. The van der Waals surface area contributed by atoms with E-state index in [2.05, 4.69) is 50.2 Å². The van der Waals surface area contributed by atoms with Crippen LogP contribution in [0.5, 0.6) is 0 Å². The molecule has 1 saturated carbocycles. The first-order valence-corrected chi connectivity index (χ1v) is 10.8. The lowest BCUT2D eigenvalue weighted by atomic mass is 9.55. The lowest BCUT2D eigenvalue weighted by Gasteiger charge is -2.60. The van der Waals surface area contributed by atoms with Crippen LogP contribution >= 0.6 is 24.0 Å². The Balaban J connectivity index is 0.00000261. The van der Waals surface area contributed by atoms with E-state index >= 15 is 0 Å². The smallest absolute Gasteiger partial charge is 0.191 e. The van der Waals surface area contributed by atoms with Gasteiger partial charge in [-0.3, -0.25) is 4.99 Å². The highest BCUT2D eigenvalue weighted by Crippen LogP contribution is 2.51. The molecule has 3 atom stereocenters. The molecule has 6 heteroatoms. The van der Waals surface area contributed by atoms with Crippen molar-refractivity contribution in [2.45, 2.75) is 78.5 Å². The Labute approximate surface area is 183 Å². The Morgan fingerprint density at radius 1 is 1.19 bits per heavy atom. The number of hydrogen-bond donors (Lipinski definition) is 2. The van der Waals surface area contributed by atoms with Crippen LogP contribution in [0.4, 0.5) is 0 Å². The molecule has 2 heterocycles. The second-order valence-corrected chi connectivity index (χ2v) is 9.48. The van der Waals surface area contributed by atoms with Crippen molar-refractivity contribution in [2.75, 3.05) is 32.8 Å². The van der Waals surface area contributed by atoms with Gasteiger partial charge in [0.05, 0.1) is 6.10 Å². The summed E-state index contributed by atoms with van der Waals surface area (Å²) in [5.41, 5.74) is 0.182. The Hall–Kier alpha value is -0.0800. The molecule has 0 aromatic heterocycles. The number of ether oxygens (including phenoxy) is 1. The van der Waals surface area contributed by atoms with Gasteiger partial charge in [0.25, 0.3) is 0 Å². The van der Waals surface area contributed by atoms with Crippen LogP contribution in [0.2, 0.25) is 0 Å². The lowest BCUT2D eigenvalue weighted by molar-refractivity contribution is -0.188. The van der Waals surface area contributed by atoms with Gasteiger partial charge in [-0.1, -0.05) is 27.7 Å². The number of aliphatic imine (C=N–C) groups is 1. The molecule has 0 spiro atoms. The second-order valence-electron chi connectivity index (χ2n) is 9.48. The highest BCUT2D eigenvalue weighted by Gasteiger charge is 2.58. The monoisotopic (exact) mass is 492 g/mol. The number of piperidine rings is 1. The van der Waals surface area contributed by atoms with Crippen LogP contribution in [0.3, 0.4) is 0 Å². The number of likely N-dealkylation sites (tertiary alicyclic amines) is 1. The van der Waals surface area contributed by atoms with Gasteiger partial charge in [0.1, 0.15) is 0 Å². The molecule has 27 heavy (non-hydrogen) atoms. The van der Waals surface area contributed by atoms with E-state index in [1.807, 2.05) is 0 Å².